The topological polar surface area (TPSA) is 97.4 Å². The van der Waals surface area contributed by atoms with Gasteiger partial charge in [0.2, 0.25) is 5.91 Å². The Balaban J connectivity index is 2.21. The van der Waals surface area contributed by atoms with Crippen LogP contribution in [-0.2, 0) is 16.0 Å². The Labute approximate surface area is 164 Å². The van der Waals surface area contributed by atoms with Crippen molar-refractivity contribution in [2.75, 3.05) is 20.3 Å². The molecule has 0 saturated carbocycles. The van der Waals surface area contributed by atoms with Crippen molar-refractivity contribution in [2.45, 2.75) is 26.2 Å². The Morgan fingerprint density at radius 3 is 2.68 bits per heavy atom. The summed E-state index contributed by atoms with van der Waals surface area (Å²) in [6.45, 7) is 2.80. The van der Waals surface area contributed by atoms with E-state index in [0.29, 0.717) is 30.9 Å². The minimum atomic E-state index is -0.366. The van der Waals surface area contributed by atoms with Crippen molar-refractivity contribution in [2.24, 2.45) is 5.73 Å². The van der Waals surface area contributed by atoms with E-state index in [-0.39, 0.29) is 24.1 Å². The number of ether oxygens (including phenoxy) is 2. The van der Waals surface area contributed by atoms with Gasteiger partial charge in [0.25, 0.3) is 0 Å². The Bertz CT molecular complexity index is 840. The largest absolute Gasteiger partial charge is 0.493 e. The van der Waals surface area contributed by atoms with Crippen LogP contribution in [0.3, 0.4) is 0 Å². The van der Waals surface area contributed by atoms with E-state index in [2.05, 4.69) is 5.32 Å². The molecule has 4 N–H and O–H groups in total. The first-order valence-corrected chi connectivity index (χ1v) is 9.05. The number of amides is 1. The van der Waals surface area contributed by atoms with Crippen LogP contribution in [0.15, 0.2) is 36.4 Å². The van der Waals surface area contributed by atoms with Crippen LogP contribution < -0.4 is 15.8 Å². The highest BCUT2D eigenvalue weighted by Crippen LogP contribution is 2.32. The first-order chi connectivity index (χ1) is 13.4. The summed E-state index contributed by atoms with van der Waals surface area (Å²) in [5.41, 5.74) is 8.37. The molecule has 0 spiro atoms. The average molecular weight is 387 g/mol. The molecule has 0 saturated heterocycles. The highest BCUT2D eigenvalue weighted by Gasteiger charge is 2.11. The molecule has 2 aromatic carbocycles. The summed E-state index contributed by atoms with van der Waals surface area (Å²) in [5, 5.41) is 9.36. The number of guanidine groups is 1. The summed E-state index contributed by atoms with van der Waals surface area (Å²) in [6.07, 6.45) is 1.43. The molecule has 7 heteroatoms. The fraction of sp³-hybridized carbons (Fsp3) is 0.333. The third kappa shape index (κ3) is 6.35. The standard InChI is InChI=1S/C21H26FN3O3/c1-14-12-16(6-8-18(14)22)17-7-4-15(5-9-20(26)25-21(23)24)13-19(17)28-11-3-10-27-2/h4,6-8,12-13H,3,5,9-11H2,1-2H3,(H4,23,24,25,26). The van der Waals surface area contributed by atoms with E-state index in [9.17, 15) is 9.18 Å². The van der Waals surface area contributed by atoms with E-state index in [4.69, 9.17) is 20.6 Å². The fourth-order valence-electron chi connectivity index (χ4n) is 2.75. The number of halogens is 1. The van der Waals surface area contributed by atoms with Crippen molar-refractivity contribution < 1.29 is 18.7 Å². The highest BCUT2D eigenvalue weighted by atomic mass is 19.1. The minimum absolute atomic E-state index is 0.206. The third-order valence-corrected chi connectivity index (χ3v) is 4.18. The fourth-order valence-corrected chi connectivity index (χ4v) is 2.75. The number of methoxy groups -OCH3 is 1. The molecule has 0 aliphatic heterocycles. The normalized spacial score (nSPS) is 10.5. The number of hydrogen-bond donors (Lipinski definition) is 3. The quantitative estimate of drug-likeness (QED) is 0.350. The van der Waals surface area contributed by atoms with Crippen LogP contribution in [0.4, 0.5) is 4.39 Å². The van der Waals surface area contributed by atoms with Crippen LogP contribution >= 0.6 is 0 Å². The van der Waals surface area contributed by atoms with Crippen molar-refractivity contribution >= 4 is 11.9 Å². The molecule has 1 amide bonds. The predicted octanol–water partition coefficient (Wildman–Crippen LogP) is 3.16. The smallest absolute Gasteiger partial charge is 0.226 e. The maximum Gasteiger partial charge on any atom is 0.226 e. The van der Waals surface area contributed by atoms with Gasteiger partial charge in [-0.3, -0.25) is 15.5 Å². The molecule has 0 fully saturated rings. The molecule has 28 heavy (non-hydrogen) atoms. The number of rotatable bonds is 9. The Hall–Kier alpha value is -2.93. The lowest BCUT2D eigenvalue weighted by molar-refractivity contribution is -0.119. The van der Waals surface area contributed by atoms with Gasteiger partial charge in [-0.05, 0) is 48.2 Å². The van der Waals surface area contributed by atoms with Crippen molar-refractivity contribution in [3.05, 3.63) is 53.3 Å². The molecule has 0 heterocycles. The van der Waals surface area contributed by atoms with E-state index in [1.807, 2.05) is 18.2 Å². The number of nitrogens with one attached hydrogen (secondary N) is 2. The Kier molecular flexibility index (Phi) is 7.95. The van der Waals surface area contributed by atoms with Gasteiger partial charge in [-0.25, -0.2) is 4.39 Å². The molecule has 0 aliphatic carbocycles. The van der Waals surface area contributed by atoms with Gasteiger partial charge in [0.05, 0.1) is 6.61 Å². The van der Waals surface area contributed by atoms with Crippen LogP contribution in [0.5, 0.6) is 5.75 Å². The van der Waals surface area contributed by atoms with Gasteiger partial charge in [0.1, 0.15) is 11.6 Å². The first-order valence-electron chi connectivity index (χ1n) is 9.05. The lowest BCUT2D eigenvalue weighted by Crippen LogP contribution is -2.35. The second-order valence-electron chi connectivity index (χ2n) is 6.45. The van der Waals surface area contributed by atoms with Crippen molar-refractivity contribution in [1.29, 1.82) is 5.41 Å². The lowest BCUT2D eigenvalue weighted by Gasteiger charge is -2.14. The summed E-state index contributed by atoms with van der Waals surface area (Å²) in [6, 6.07) is 10.7. The molecule has 2 rings (SSSR count). The molecule has 150 valence electrons. The van der Waals surface area contributed by atoms with E-state index in [1.165, 1.54) is 6.07 Å². The van der Waals surface area contributed by atoms with E-state index >= 15 is 0 Å². The van der Waals surface area contributed by atoms with E-state index < -0.39 is 0 Å². The molecule has 0 unspecified atom stereocenters. The maximum absolute atomic E-state index is 13.6. The van der Waals surface area contributed by atoms with E-state index in [1.54, 1.807) is 26.2 Å². The molecule has 0 bridgehead atoms. The molecule has 0 atom stereocenters. The lowest BCUT2D eigenvalue weighted by atomic mass is 9.99. The van der Waals surface area contributed by atoms with Crippen LogP contribution in [0.1, 0.15) is 24.0 Å². The van der Waals surface area contributed by atoms with Crippen LogP contribution in [-0.4, -0.2) is 32.2 Å². The van der Waals surface area contributed by atoms with Gasteiger partial charge in [-0.15, -0.1) is 0 Å². The van der Waals surface area contributed by atoms with Gasteiger partial charge in [-0.2, -0.15) is 0 Å². The van der Waals surface area contributed by atoms with Crippen molar-refractivity contribution in [1.82, 2.24) is 5.32 Å². The number of hydrogen-bond acceptors (Lipinski definition) is 4. The monoisotopic (exact) mass is 387 g/mol. The second-order valence-corrected chi connectivity index (χ2v) is 6.45. The van der Waals surface area contributed by atoms with Gasteiger partial charge in [0, 0.05) is 32.1 Å². The number of aryl methyl sites for hydroxylation is 2. The Morgan fingerprint density at radius 1 is 1.21 bits per heavy atom. The molecule has 6 nitrogen and oxygen atoms in total. The summed E-state index contributed by atoms with van der Waals surface area (Å²) < 4.78 is 24.6. The van der Waals surface area contributed by atoms with Gasteiger partial charge in [-0.1, -0.05) is 18.2 Å². The summed E-state index contributed by atoms with van der Waals surface area (Å²) in [7, 11) is 1.64. The van der Waals surface area contributed by atoms with Crippen molar-refractivity contribution in [3.8, 4) is 16.9 Å². The summed E-state index contributed by atoms with van der Waals surface area (Å²) in [4.78, 5) is 11.7. The molecule has 0 radical (unpaired) electrons. The molecular formula is C21H26FN3O3. The predicted molar refractivity (Wildman–Crippen MR) is 107 cm³/mol. The molecule has 0 aromatic heterocycles. The number of carbonyl (C=O) groups is 1. The average Bonchev–Trinajstić information content (AvgIpc) is 2.65. The highest BCUT2D eigenvalue weighted by molar-refractivity contribution is 5.94. The molecular weight excluding hydrogens is 361 g/mol. The minimum Gasteiger partial charge on any atom is -0.493 e. The zero-order valence-corrected chi connectivity index (χ0v) is 16.2. The van der Waals surface area contributed by atoms with Gasteiger partial charge in [0.15, 0.2) is 5.96 Å². The first kappa shape index (κ1) is 21.4. The van der Waals surface area contributed by atoms with Gasteiger partial charge >= 0.3 is 0 Å². The van der Waals surface area contributed by atoms with Gasteiger partial charge < -0.3 is 15.2 Å². The van der Waals surface area contributed by atoms with Crippen LogP contribution in [0, 0.1) is 18.2 Å². The maximum atomic E-state index is 13.6. The number of benzene rings is 2. The number of carbonyl (C=O) groups excluding carboxylic acids is 1. The SMILES string of the molecule is COCCCOc1cc(CCC(=O)NC(=N)N)ccc1-c1ccc(F)c(C)c1. The molecule has 0 aliphatic rings. The second kappa shape index (κ2) is 10.4. The number of nitrogens with two attached hydrogens (primary N) is 1. The zero-order chi connectivity index (χ0) is 20.5. The molecule has 2 aromatic rings. The van der Waals surface area contributed by atoms with Crippen LogP contribution in [0.25, 0.3) is 11.1 Å². The van der Waals surface area contributed by atoms with Crippen LogP contribution in [0.2, 0.25) is 0 Å². The Morgan fingerprint density at radius 2 is 2.00 bits per heavy atom. The summed E-state index contributed by atoms with van der Waals surface area (Å²) >= 11 is 0. The third-order valence-electron chi connectivity index (χ3n) is 4.18. The summed E-state index contributed by atoms with van der Waals surface area (Å²) in [5.74, 6) is -0.256. The van der Waals surface area contributed by atoms with Crippen molar-refractivity contribution in [3.63, 3.8) is 0 Å². The van der Waals surface area contributed by atoms with E-state index in [0.717, 1.165) is 23.1 Å². The zero-order valence-electron chi connectivity index (χ0n) is 16.2.